The second kappa shape index (κ2) is 6.98. The van der Waals surface area contributed by atoms with Crippen LogP contribution < -0.4 is 5.32 Å². The molecule has 2 heterocycles. The van der Waals surface area contributed by atoms with Crippen LogP contribution >= 0.6 is 0 Å². The van der Waals surface area contributed by atoms with E-state index >= 15 is 0 Å². The summed E-state index contributed by atoms with van der Waals surface area (Å²) in [6.45, 7) is 1.83. The first-order valence-electron chi connectivity index (χ1n) is 7.93. The molecule has 0 radical (unpaired) electrons. The number of carbonyl (C=O) groups excluding carboxylic acids is 1. The van der Waals surface area contributed by atoms with E-state index in [2.05, 4.69) is 5.32 Å². The van der Waals surface area contributed by atoms with Crippen LogP contribution in [0.1, 0.15) is 23.2 Å². The van der Waals surface area contributed by atoms with Crippen molar-refractivity contribution in [1.82, 2.24) is 9.88 Å². The van der Waals surface area contributed by atoms with Crippen molar-refractivity contribution in [3.05, 3.63) is 54.4 Å². The van der Waals surface area contributed by atoms with Crippen molar-refractivity contribution in [3.63, 3.8) is 0 Å². The first-order valence-corrected chi connectivity index (χ1v) is 7.93. The van der Waals surface area contributed by atoms with Crippen LogP contribution in [0.4, 0.5) is 0 Å². The highest BCUT2D eigenvalue weighted by Crippen LogP contribution is 2.29. The molecular formula is C18H22N2O3. The summed E-state index contributed by atoms with van der Waals surface area (Å²) >= 11 is 0. The van der Waals surface area contributed by atoms with Gasteiger partial charge in [0.15, 0.2) is 0 Å². The van der Waals surface area contributed by atoms with E-state index < -0.39 is 0 Å². The number of aliphatic hydroxyl groups is 1. The fourth-order valence-corrected chi connectivity index (χ4v) is 2.86. The van der Waals surface area contributed by atoms with Gasteiger partial charge in [0, 0.05) is 48.8 Å². The summed E-state index contributed by atoms with van der Waals surface area (Å²) in [5, 5.41) is 12.6. The van der Waals surface area contributed by atoms with Crippen LogP contribution in [0.2, 0.25) is 0 Å². The maximum Gasteiger partial charge on any atom is 0.251 e. The lowest BCUT2D eigenvalue weighted by atomic mass is 9.81. The molecule has 0 bridgehead atoms. The van der Waals surface area contributed by atoms with Gasteiger partial charge in [0.25, 0.3) is 5.91 Å². The Labute approximate surface area is 135 Å². The van der Waals surface area contributed by atoms with Crippen LogP contribution in [0.5, 0.6) is 0 Å². The average Bonchev–Trinajstić information content (AvgIpc) is 3.15. The monoisotopic (exact) mass is 314 g/mol. The zero-order valence-electron chi connectivity index (χ0n) is 13.1. The number of aromatic nitrogens is 1. The van der Waals surface area contributed by atoms with Gasteiger partial charge in [-0.1, -0.05) is 0 Å². The van der Waals surface area contributed by atoms with Gasteiger partial charge < -0.3 is 19.7 Å². The van der Waals surface area contributed by atoms with Crippen LogP contribution in [0, 0.1) is 5.41 Å². The summed E-state index contributed by atoms with van der Waals surface area (Å²) in [6.07, 6.45) is 5.48. The van der Waals surface area contributed by atoms with Crippen LogP contribution in [0.15, 0.2) is 48.8 Å². The van der Waals surface area contributed by atoms with E-state index in [1.807, 2.05) is 53.4 Å². The van der Waals surface area contributed by atoms with E-state index in [0.29, 0.717) is 25.3 Å². The molecule has 1 amide bonds. The number of aliphatic hydroxyl groups excluding tert-OH is 1. The van der Waals surface area contributed by atoms with Gasteiger partial charge in [0.05, 0.1) is 6.61 Å². The Bertz CT molecular complexity index is 629. The lowest BCUT2D eigenvalue weighted by Gasteiger charge is -2.35. The van der Waals surface area contributed by atoms with Crippen molar-refractivity contribution in [2.24, 2.45) is 5.41 Å². The fraction of sp³-hybridized carbons (Fsp3) is 0.389. The van der Waals surface area contributed by atoms with Crippen molar-refractivity contribution in [2.45, 2.75) is 12.8 Å². The van der Waals surface area contributed by atoms with E-state index in [0.717, 1.165) is 18.5 Å². The molecule has 1 fully saturated rings. The Kier molecular flexibility index (Phi) is 4.79. The third-order valence-corrected chi connectivity index (χ3v) is 4.54. The molecule has 1 saturated heterocycles. The standard InChI is InChI=1S/C18H22N2O3/c21-14-18(7-11-23-12-8-18)13-19-17(22)15-3-5-16(6-4-15)20-9-1-2-10-20/h1-6,9-10,21H,7-8,11-14H2,(H,19,22). The molecule has 0 spiro atoms. The number of nitrogens with one attached hydrogen (secondary N) is 1. The zero-order valence-corrected chi connectivity index (χ0v) is 13.1. The highest BCUT2D eigenvalue weighted by Gasteiger charge is 2.32. The van der Waals surface area contributed by atoms with Crippen molar-refractivity contribution in [1.29, 1.82) is 0 Å². The van der Waals surface area contributed by atoms with Crippen LogP contribution in [-0.4, -0.2) is 41.9 Å². The average molecular weight is 314 g/mol. The van der Waals surface area contributed by atoms with E-state index in [1.165, 1.54) is 0 Å². The quantitative estimate of drug-likeness (QED) is 0.887. The van der Waals surface area contributed by atoms with E-state index in [-0.39, 0.29) is 17.9 Å². The summed E-state index contributed by atoms with van der Waals surface area (Å²) < 4.78 is 7.33. The molecule has 2 N–H and O–H groups in total. The molecule has 0 atom stereocenters. The fourth-order valence-electron chi connectivity index (χ4n) is 2.86. The molecule has 5 nitrogen and oxygen atoms in total. The normalized spacial score (nSPS) is 16.9. The maximum absolute atomic E-state index is 12.3. The number of nitrogens with zero attached hydrogens (tertiary/aromatic N) is 1. The lowest BCUT2D eigenvalue weighted by Crippen LogP contribution is -2.43. The van der Waals surface area contributed by atoms with Gasteiger partial charge >= 0.3 is 0 Å². The van der Waals surface area contributed by atoms with Gasteiger partial charge in [0.1, 0.15) is 0 Å². The molecule has 1 aromatic carbocycles. The Morgan fingerprint density at radius 1 is 1.17 bits per heavy atom. The summed E-state index contributed by atoms with van der Waals surface area (Å²) in [4.78, 5) is 12.3. The number of hydrogen-bond donors (Lipinski definition) is 2. The van der Waals surface area contributed by atoms with E-state index in [1.54, 1.807) is 0 Å². The molecule has 3 rings (SSSR count). The molecular weight excluding hydrogens is 292 g/mol. The Morgan fingerprint density at radius 3 is 2.43 bits per heavy atom. The molecule has 23 heavy (non-hydrogen) atoms. The molecule has 0 aliphatic carbocycles. The number of ether oxygens (including phenoxy) is 1. The highest BCUT2D eigenvalue weighted by atomic mass is 16.5. The minimum atomic E-state index is -0.251. The number of carbonyl (C=O) groups is 1. The summed E-state index contributed by atoms with van der Waals surface area (Å²) in [5.41, 5.74) is 1.39. The van der Waals surface area contributed by atoms with E-state index in [9.17, 15) is 9.90 Å². The Morgan fingerprint density at radius 2 is 1.83 bits per heavy atom. The number of rotatable bonds is 5. The molecule has 5 heteroatoms. The van der Waals surface area contributed by atoms with Crippen LogP contribution in [0.25, 0.3) is 5.69 Å². The molecule has 1 aromatic heterocycles. The zero-order chi connectivity index (χ0) is 16.1. The first kappa shape index (κ1) is 15.8. The molecule has 1 aliphatic rings. The lowest BCUT2D eigenvalue weighted by molar-refractivity contribution is -0.0146. The Hall–Kier alpha value is -2.11. The van der Waals surface area contributed by atoms with E-state index in [4.69, 9.17) is 4.74 Å². The van der Waals surface area contributed by atoms with Gasteiger partial charge in [-0.15, -0.1) is 0 Å². The third-order valence-electron chi connectivity index (χ3n) is 4.54. The van der Waals surface area contributed by atoms with Crippen molar-refractivity contribution >= 4 is 5.91 Å². The summed E-state index contributed by atoms with van der Waals surface area (Å²) in [6, 6.07) is 11.4. The van der Waals surface area contributed by atoms with Crippen LogP contribution in [0.3, 0.4) is 0 Å². The largest absolute Gasteiger partial charge is 0.396 e. The van der Waals surface area contributed by atoms with Gasteiger partial charge in [-0.25, -0.2) is 0 Å². The topological polar surface area (TPSA) is 63.5 Å². The van der Waals surface area contributed by atoms with Gasteiger partial charge in [-0.2, -0.15) is 0 Å². The third kappa shape index (κ3) is 3.63. The van der Waals surface area contributed by atoms with Crippen LogP contribution in [-0.2, 0) is 4.74 Å². The molecule has 122 valence electrons. The molecule has 0 saturated carbocycles. The first-order chi connectivity index (χ1) is 11.2. The second-order valence-corrected chi connectivity index (χ2v) is 6.09. The number of benzene rings is 1. The predicted molar refractivity (Wildman–Crippen MR) is 87.7 cm³/mol. The van der Waals surface area contributed by atoms with Gasteiger partial charge in [-0.05, 0) is 49.2 Å². The number of amides is 1. The smallest absolute Gasteiger partial charge is 0.251 e. The maximum atomic E-state index is 12.3. The van der Waals surface area contributed by atoms with Gasteiger partial charge in [-0.3, -0.25) is 4.79 Å². The minimum absolute atomic E-state index is 0.0726. The SMILES string of the molecule is O=C(NCC1(CO)CCOCC1)c1ccc(-n2cccc2)cc1. The molecule has 2 aromatic rings. The van der Waals surface area contributed by atoms with Gasteiger partial charge in [0.2, 0.25) is 0 Å². The Balaban J connectivity index is 1.62. The predicted octanol–water partition coefficient (Wildman–Crippen LogP) is 2.00. The molecule has 1 aliphatic heterocycles. The second-order valence-electron chi connectivity index (χ2n) is 6.09. The molecule has 0 unspecified atom stereocenters. The minimum Gasteiger partial charge on any atom is -0.396 e. The highest BCUT2D eigenvalue weighted by molar-refractivity contribution is 5.94. The van der Waals surface area contributed by atoms with Crippen molar-refractivity contribution in [2.75, 3.05) is 26.4 Å². The number of hydrogen-bond acceptors (Lipinski definition) is 3. The summed E-state index contributed by atoms with van der Waals surface area (Å²) in [7, 11) is 0. The summed E-state index contributed by atoms with van der Waals surface area (Å²) in [5.74, 6) is -0.108. The van der Waals surface area contributed by atoms with Crippen molar-refractivity contribution < 1.29 is 14.6 Å². The van der Waals surface area contributed by atoms with Crippen molar-refractivity contribution in [3.8, 4) is 5.69 Å².